The third-order valence-electron chi connectivity index (χ3n) is 3.86. The molecule has 1 aliphatic rings. The van der Waals surface area contributed by atoms with Crippen molar-refractivity contribution in [2.24, 2.45) is 5.41 Å². The van der Waals surface area contributed by atoms with Gasteiger partial charge < -0.3 is 4.52 Å². The van der Waals surface area contributed by atoms with Crippen LogP contribution in [0.1, 0.15) is 50.6 Å². The lowest BCUT2D eigenvalue weighted by molar-refractivity contribution is 0.265. The second-order valence-electron chi connectivity index (χ2n) is 5.59. The average Bonchev–Trinajstić information content (AvgIpc) is 2.87. The molecule has 0 spiro atoms. The number of rotatable bonds is 5. The number of hydrogen-bond acceptors (Lipinski definition) is 6. The molecule has 6 heteroatoms. The largest absolute Gasteiger partial charge is 0.339 e. The summed E-state index contributed by atoms with van der Waals surface area (Å²) < 4.78 is 5.42. The maximum atomic E-state index is 8.93. The predicted octanol–water partition coefficient (Wildman–Crippen LogP) is 3.85. The highest BCUT2D eigenvalue weighted by Gasteiger charge is 2.30. The second kappa shape index (κ2) is 6.86. The zero-order valence-electron chi connectivity index (χ0n) is 12.3. The minimum absolute atomic E-state index is 0.0708. The van der Waals surface area contributed by atoms with Gasteiger partial charge >= 0.3 is 0 Å². The van der Waals surface area contributed by atoms with Crippen molar-refractivity contribution in [2.75, 3.05) is 11.5 Å². The van der Waals surface area contributed by atoms with Gasteiger partial charge in [-0.05, 0) is 11.8 Å². The van der Waals surface area contributed by atoms with E-state index >= 15 is 0 Å². The minimum atomic E-state index is -0.0708. The summed E-state index contributed by atoms with van der Waals surface area (Å²) in [6.07, 6.45) is 2.14. The van der Waals surface area contributed by atoms with Crippen LogP contribution in [0.15, 0.2) is 4.52 Å². The maximum absolute atomic E-state index is 8.93. The Balaban J connectivity index is 2.07. The van der Waals surface area contributed by atoms with E-state index in [4.69, 9.17) is 9.78 Å². The fraction of sp³-hybridized carbons (Fsp3) is 0.786. The quantitative estimate of drug-likeness (QED) is 0.823. The highest BCUT2D eigenvalue weighted by molar-refractivity contribution is 8.06. The molecular formula is C14H21N3OS2. The van der Waals surface area contributed by atoms with Crippen LogP contribution in [-0.4, -0.2) is 26.9 Å². The van der Waals surface area contributed by atoms with Gasteiger partial charge in [-0.1, -0.05) is 25.9 Å². The molecule has 0 radical (unpaired) electrons. The maximum Gasteiger partial charge on any atom is 0.227 e. The summed E-state index contributed by atoms with van der Waals surface area (Å²) in [5.74, 6) is 3.83. The average molecular weight is 311 g/mol. The third kappa shape index (κ3) is 3.70. The molecule has 20 heavy (non-hydrogen) atoms. The Morgan fingerprint density at radius 1 is 1.45 bits per heavy atom. The van der Waals surface area contributed by atoms with Crippen LogP contribution in [0.3, 0.4) is 0 Å². The summed E-state index contributed by atoms with van der Waals surface area (Å²) in [5.41, 5.74) is -0.0708. The highest BCUT2D eigenvalue weighted by atomic mass is 32.2. The van der Waals surface area contributed by atoms with Crippen LogP contribution in [0.25, 0.3) is 0 Å². The van der Waals surface area contributed by atoms with Gasteiger partial charge in [0.25, 0.3) is 0 Å². The fourth-order valence-corrected chi connectivity index (χ4v) is 4.92. The van der Waals surface area contributed by atoms with Crippen molar-refractivity contribution >= 4 is 23.5 Å². The molecule has 1 aromatic rings. The van der Waals surface area contributed by atoms with E-state index in [1.54, 1.807) is 0 Å². The summed E-state index contributed by atoms with van der Waals surface area (Å²) in [6, 6.07) is 2.26. The predicted molar refractivity (Wildman–Crippen MR) is 83.7 cm³/mol. The smallest absolute Gasteiger partial charge is 0.227 e. The van der Waals surface area contributed by atoms with E-state index in [9.17, 15) is 0 Å². The molecule has 110 valence electrons. The Kier molecular flexibility index (Phi) is 5.39. The summed E-state index contributed by atoms with van der Waals surface area (Å²) in [6.45, 7) is 6.43. The molecule has 1 aliphatic heterocycles. The normalized spacial score (nSPS) is 25.9. The van der Waals surface area contributed by atoms with E-state index in [1.807, 2.05) is 23.5 Å². The Labute approximate surface area is 129 Å². The number of nitriles is 1. The lowest BCUT2D eigenvalue weighted by atomic mass is 9.81. The standard InChI is InChI=1S/C14H21N3OS2/c1-4-14(3,5-6-15)9-11-16-13(17-18-11)12-10(2)19-7-8-20-12/h10,12H,4-5,7-9H2,1-3H3. The lowest BCUT2D eigenvalue weighted by Gasteiger charge is -2.25. The van der Waals surface area contributed by atoms with Gasteiger partial charge in [0.15, 0.2) is 5.82 Å². The topological polar surface area (TPSA) is 62.7 Å². The third-order valence-corrected chi connectivity index (χ3v) is 6.95. The van der Waals surface area contributed by atoms with E-state index in [2.05, 4.69) is 37.0 Å². The first-order valence-electron chi connectivity index (χ1n) is 7.00. The van der Waals surface area contributed by atoms with Gasteiger partial charge in [-0.2, -0.15) is 22.0 Å². The van der Waals surface area contributed by atoms with Gasteiger partial charge in [-0.15, -0.1) is 11.8 Å². The van der Waals surface area contributed by atoms with Gasteiger partial charge in [0.05, 0.1) is 11.3 Å². The van der Waals surface area contributed by atoms with E-state index < -0.39 is 0 Å². The van der Waals surface area contributed by atoms with Crippen molar-refractivity contribution in [3.05, 3.63) is 11.7 Å². The molecule has 1 aromatic heterocycles. The van der Waals surface area contributed by atoms with E-state index in [0.717, 1.165) is 18.0 Å². The molecule has 3 atom stereocenters. The van der Waals surface area contributed by atoms with Crippen LogP contribution >= 0.6 is 23.5 Å². The number of nitrogens with zero attached hydrogens (tertiary/aromatic N) is 3. The first kappa shape index (κ1) is 15.7. The van der Waals surface area contributed by atoms with E-state index in [1.165, 1.54) is 5.75 Å². The molecule has 0 amide bonds. The van der Waals surface area contributed by atoms with Crippen LogP contribution in [0.4, 0.5) is 0 Å². The molecule has 0 saturated carbocycles. The van der Waals surface area contributed by atoms with Gasteiger partial charge in [-0.3, -0.25) is 0 Å². The number of thioether (sulfide) groups is 2. The van der Waals surface area contributed by atoms with E-state index in [0.29, 0.717) is 29.2 Å². The van der Waals surface area contributed by atoms with Crippen molar-refractivity contribution < 1.29 is 4.52 Å². The van der Waals surface area contributed by atoms with Crippen LogP contribution in [0.2, 0.25) is 0 Å². The molecule has 2 heterocycles. The molecule has 0 bridgehead atoms. The zero-order valence-corrected chi connectivity index (χ0v) is 13.9. The van der Waals surface area contributed by atoms with Gasteiger partial charge in [0.1, 0.15) is 0 Å². The second-order valence-corrected chi connectivity index (χ2v) is 8.32. The monoisotopic (exact) mass is 311 g/mol. The van der Waals surface area contributed by atoms with Crippen molar-refractivity contribution in [1.82, 2.24) is 10.1 Å². The Morgan fingerprint density at radius 3 is 2.85 bits per heavy atom. The van der Waals surface area contributed by atoms with Crippen LogP contribution in [-0.2, 0) is 6.42 Å². The fourth-order valence-electron chi connectivity index (χ4n) is 2.24. The van der Waals surface area contributed by atoms with Gasteiger partial charge in [0, 0.05) is 29.6 Å². The molecule has 2 rings (SSSR count). The first-order chi connectivity index (χ1) is 9.58. The Morgan fingerprint density at radius 2 is 2.20 bits per heavy atom. The van der Waals surface area contributed by atoms with Crippen LogP contribution in [0, 0.1) is 16.7 Å². The summed E-state index contributed by atoms with van der Waals surface area (Å²) in [5, 5.41) is 14.0. The molecule has 0 aromatic carbocycles. The summed E-state index contributed by atoms with van der Waals surface area (Å²) >= 11 is 3.88. The molecule has 1 fully saturated rings. The van der Waals surface area contributed by atoms with Crippen LogP contribution < -0.4 is 0 Å². The number of hydrogen-bond donors (Lipinski definition) is 0. The Bertz CT molecular complexity index is 485. The van der Waals surface area contributed by atoms with Crippen molar-refractivity contribution in [1.29, 1.82) is 5.26 Å². The SMILES string of the molecule is CCC(C)(CC#N)Cc1nc(C2SCCSC2C)no1. The number of aromatic nitrogens is 2. The zero-order chi connectivity index (χ0) is 14.6. The molecule has 1 saturated heterocycles. The Hall–Kier alpha value is -0.670. The lowest BCUT2D eigenvalue weighted by Crippen LogP contribution is -2.19. The first-order valence-corrected chi connectivity index (χ1v) is 9.10. The minimum Gasteiger partial charge on any atom is -0.339 e. The van der Waals surface area contributed by atoms with Crippen molar-refractivity contribution in [3.63, 3.8) is 0 Å². The van der Waals surface area contributed by atoms with E-state index in [-0.39, 0.29) is 5.41 Å². The molecule has 0 N–H and O–H groups in total. The summed E-state index contributed by atoms with van der Waals surface area (Å²) in [7, 11) is 0. The molecular weight excluding hydrogens is 290 g/mol. The van der Waals surface area contributed by atoms with Gasteiger partial charge in [-0.25, -0.2) is 0 Å². The van der Waals surface area contributed by atoms with Gasteiger partial charge in [0.2, 0.25) is 5.89 Å². The van der Waals surface area contributed by atoms with Crippen molar-refractivity contribution in [3.8, 4) is 6.07 Å². The summed E-state index contributed by atoms with van der Waals surface area (Å²) in [4.78, 5) is 4.58. The highest BCUT2D eigenvalue weighted by Crippen LogP contribution is 2.41. The van der Waals surface area contributed by atoms with Crippen molar-refractivity contribution in [2.45, 2.75) is 50.5 Å². The molecule has 0 aliphatic carbocycles. The molecule has 3 unspecified atom stereocenters. The van der Waals surface area contributed by atoms with Crippen LogP contribution in [0.5, 0.6) is 0 Å². The molecule has 4 nitrogen and oxygen atoms in total.